The molecule has 0 unspecified atom stereocenters. The number of aromatic nitrogens is 1. The molecule has 0 aliphatic heterocycles. The average Bonchev–Trinajstić information content (AvgIpc) is 2.67. The van der Waals surface area contributed by atoms with Crippen LogP contribution in [0.4, 0.5) is 18.9 Å². The molecule has 2 N–H and O–H groups in total. The van der Waals surface area contributed by atoms with Gasteiger partial charge in [-0.3, -0.25) is 4.98 Å². The summed E-state index contributed by atoms with van der Waals surface area (Å²) in [6.45, 7) is 0.270. The second-order valence-corrected chi connectivity index (χ2v) is 5.65. The summed E-state index contributed by atoms with van der Waals surface area (Å²) in [7, 11) is 0. The van der Waals surface area contributed by atoms with Gasteiger partial charge in [0.05, 0.1) is 16.8 Å². The summed E-state index contributed by atoms with van der Waals surface area (Å²) in [4.78, 5) is 7.93. The van der Waals surface area contributed by atoms with Gasteiger partial charge in [0.25, 0.3) is 0 Å². The van der Waals surface area contributed by atoms with Gasteiger partial charge in [-0.1, -0.05) is 24.3 Å². The van der Waals surface area contributed by atoms with Gasteiger partial charge in [0.15, 0.2) is 0 Å². The maximum atomic E-state index is 13.1. The standard InChI is InChI=1S/C20H16F3N3O/c21-20(22,23)16-6-2-3-7-17(16)26-19(24)15-5-1-4-8-18(15)27-13-14-9-11-25-12-10-14/h1-12H,13H2,(H2,24,26). The molecule has 0 fully saturated rings. The number of para-hydroxylation sites is 2. The van der Waals surface area contributed by atoms with Gasteiger partial charge in [0.1, 0.15) is 18.2 Å². The number of amidine groups is 1. The minimum absolute atomic E-state index is 0.0583. The number of benzene rings is 2. The predicted molar refractivity (Wildman–Crippen MR) is 96.8 cm³/mol. The van der Waals surface area contributed by atoms with Crippen molar-refractivity contribution in [2.45, 2.75) is 12.8 Å². The molecule has 0 bridgehead atoms. The molecule has 0 atom stereocenters. The smallest absolute Gasteiger partial charge is 0.418 e. The van der Waals surface area contributed by atoms with E-state index in [1.807, 2.05) is 0 Å². The topological polar surface area (TPSA) is 60.5 Å². The van der Waals surface area contributed by atoms with Gasteiger partial charge in [0.2, 0.25) is 0 Å². The third-order valence-corrected chi connectivity index (χ3v) is 3.76. The molecule has 27 heavy (non-hydrogen) atoms. The Morgan fingerprint density at radius 1 is 0.963 bits per heavy atom. The fourth-order valence-electron chi connectivity index (χ4n) is 2.45. The van der Waals surface area contributed by atoms with Crippen molar-refractivity contribution >= 4 is 11.5 Å². The number of alkyl halides is 3. The highest BCUT2D eigenvalue weighted by molar-refractivity contribution is 6.01. The van der Waals surface area contributed by atoms with E-state index in [1.54, 1.807) is 48.8 Å². The highest BCUT2D eigenvalue weighted by atomic mass is 19.4. The van der Waals surface area contributed by atoms with Gasteiger partial charge < -0.3 is 10.5 Å². The van der Waals surface area contributed by atoms with E-state index in [0.29, 0.717) is 11.3 Å². The largest absolute Gasteiger partial charge is 0.488 e. The molecule has 3 aromatic rings. The number of ether oxygens (including phenoxy) is 1. The van der Waals surface area contributed by atoms with E-state index in [1.165, 1.54) is 18.2 Å². The molecule has 0 saturated carbocycles. The van der Waals surface area contributed by atoms with Crippen LogP contribution in [0.5, 0.6) is 5.75 Å². The van der Waals surface area contributed by atoms with Gasteiger partial charge in [-0.2, -0.15) is 13.2 Å². The van der Waals surface area contributed by atoms with Gasteiger partial charge in [0, 0.05) is 12.4 Å². The Morgan fingerprint density at radius 3 is 2.37 bits per heavy atom. The lowest BCUT2D eigenvalue weighted by Crippen LogP contribution is -2.15. The zero-order chi connectivity index (χ0) is 19.3. The van der Waals surface area contributed by atoms with Crippen molar-refractivity contribution in [2.75, 3.05) is 0 Å². The molecule has 1 aromatic heterocycles. The van der Waals surface area contributed by atoms with Crippen LogP contribution in [0.3, 0.4) is 0 Å². The lowest BCUT2D eigenvalue weighted by atomic mass is 10.1. The quantitative estimate of drug-likeness (QED) is 0.522. The minimum Gasteiger partial charge on any atom is -0.488 e. The highest BCUT2D eigenvalue weighted by Gasteiger charge is 2.33. The summed E-state index contributed by atoms with van der Waals surface area (Å²) in [6, 6.07) is 15.4. The molecule has 138 valence electrons. The van der Waals surface area contributed by atoms with E-state index in [9.17, 15) is 13.2 Å². The maximum absolute atomic E-state index is 13.1. The maximum Gasteiger partial charge on any atom is 0.418 e. The predicted octanol–water partition coefficient (Wildman–Crippen LogP) is 4.72. The Hall–Kier alpha value is -3.35. The number of hydrogen-bond donors (Lipinski definition) is 1. The summed E-state index contributed by atoms with van der Waals surface area (Å²) in [5, 5.41) is 0. The van der Waals surface area contributed by atoms with Crippen LogP contribution < -0.4 is 10.5 Å². The van der Waals surface area contributed by atoms with Crippen LogP contribution in [0.15, 0.2) is 78.0 Å². The fourth-order valence-corrected chi connectivity index (χ4v) is 2.45. The van der Waals surface area contributed by atoms with E-state index in [2.05, 4.69) is 9.98 Å². The number of pyridine rings is 1. The third-order valence-electron chi connectivity index (χ3n) is 3.76. The van der Waals surface area contributed by atoms with Crippen molar-refractivity contribution in [3.8, 4) is 5.75 Å². The van der Waals surface area contributed by atoms with Crippen LogP contribution in [0.25, 0.3) is 0 Å². The Labute approximate surface area is 154 Å². The number of aliphatic imine (C=N–C) groups is 1. The zero-order valence-electron chi connectivity index (χ0n) is 14.1. The zero-order valence-corrected chi connectivity index (χ0v) is 14.1. The van der Waals surface area contributed by atoms with Gasteiger partial charge in [-0.05, 0) is 42.0 Å². The first-order valence-corrected chi connectivity index (χ1v) is 8.06. The van der Waals surface area contributed by atoms with Crippen molar-refractivity contribution in [3.05, 3.63) is 89.7 Å². The summed E-state index contributed by atoms with van der Waals surface area (Å²) in [5.41, 5.74) is 6.23. The van der Waals surface area contributed by atoms with Crippen molar-refractivity contribution in [3.63, 3.8) is 0 Å². The molecule has 0 aliphatic rings. The van der Waals surface area contributed by atoms with Crippen LogP contribution >= 0.6 is 0 Å². The van der Waals surface area contributed by atoms with Crippen molar-refractivity contribution < 1.29 is 17.9 Å². The number of nitrogens with two attached hydrogens (primary N) is 1. The molecule has 0 spiro atoms. The van der Waals surface area contributed by atoms with E-state index < -0.39 is 11.7 Å². The lowest BCUT2D eigenvalue weighted by Gasteiger charge is -2.13. The average molecular weight is 371 g/mol. The van der Waals surface area contributed by atoms with Crippen LogP contribution in [-0.4, -0.2) is 10.8 Å². The van der Waals surface area contributed by atoms with Crippen molar-refractivity contribution in [2.24, 2.45) is 10.7 Å². The Bertz CT molecular complexity index is 940. The Balaban J connectivity index is 1.90. The Morgan fingerprint density at radius 2 is 1.63 bits per heavy atom. The monoisotopic (exact) mass is 371 g/mol. The normalized spacial score (nSPS) is 12.0. The molecular weight excluding hydrogens is 355 g/mol. The van der Waals surface area contributed by atoms with Gasteiger partial charge >= 0.3 is 6.18 Å². The highest BCUT2D eigenvalue weighted by Crippen LogP contribution is 2.36. The van der Waals surface area contributed by atoms with Crippen LogP contribution in [0.1, 0.15) is 16.7 Å². The summed E-state index contributed by atoms with van der Waals surface area (Å²) < 4.78 is 45.2. The molecular formula is C20H16F3N3O. The first kappa shape index (κ1) is 18.4. The van der Waals surface area contributed by atoms with Crippen LogP contribution in [0.2, 0.25) is 0 Å². The fraction of sp³-hybridized carbons (Fsp3) is 0.100. The number of hydrogen-bond acceptors (Lipinski definition) is 3. The molecule has 4 nitrogen and oxygen atoms in total. The van der Waals surface area contributed by atoms with Crippen molar-refractivity contribution in [1.82, 2.24) is 4.98 Å². The number of halogens is 3. The van der Waals surface area contributed by atoms with Gasteiger partial charge in [-0.25, -0.2) is 4.99 Å². The van der Waals surface area contributed by atoms with E-state index >= 15 is 0 Å². The number of rotatable bonds is 5. The first-order valence-electron chi connectivity index (χ1n) is 8.06. The van der Waals surface area contributed by atoms with E-state index in [4.69, 9.17) is 10.5 Å². The third kappa shape index (κ3) is 4.63. The molecule has 1 heterocycles. The summed E-state index contributed by atoms with van der Waals surface area (Å²) >= 11 is 0. The molecule has 0 amide bonds. The molecule has 7 heteroatoms. The van der Waals surface area contributed by atoms with E-state index in [0.717, 1.165) is 11.6 Å². The lowest BCUT2D eigenvalue weighted by molar-refractivity contribution is -0.137. The summed E-state index contributed by atoms with van der Waals surface area (Å²) in [5.74, 6) is 0.372. The van der Waals surface area contributed by atoms with Crippen molar-refractivity contribution in [1.29, 1.82) is 0 Å². The second kappa shape index (κ2) is 7.90. The first-order chi connectivity index (χ1) is 12.9. The molecule has 3 rings (SSSR count). The molecule has 0 aliphatic carbocycles. The molecule has 2 aromatic carbocycles. The van der Waals surface area contributed by atoms with Crippen LogP contribution in [0, 0.1) is 0 Å². The summed E-state index contributed by atoms with van der Waals surface area (Å²) in [6.07, 6.45) is -1.22. The Kier molecular flexibility index (Phi) is 5.40. The van der Waals surface area contributed by atoms with Crippen LogP contribution in [-0.2, 0) is 12.8 Å². The minimum atomic E-state index is -4.52. The number of nitrogens with zero attached hydrogens (tertiary/aromatic N) is 2. The SMILES string of the molecule is NC(=Nc1ccccc1C(F)(F)F)c1ccccc1OCc1ccncc1. The van der Waals surface area contributed by atoms with Gasteiger partial charge in [-0.15, -0.1) is 0 Å². The molecule has 0 radical (unpaired) electrons. The van der Waals surface area contributed by atoms with E-state index in [-0.39, 0.29) is 18.1 Å². The molecule has 0 saturated heterocycles. The second-order valence-electron chi connectivity index (χ2n) is 5.65.